The summed E-state index contributed by atoms with van der Waals surface area (Å²) in [5.41, 5.74) is -1.37. The fraction of sp³-hybridized carbons (Fsp3) is 0.0667. The molecule has 8 nitrogen and oxygen atoms in total. The second-order valence-corrected chi connectivity index (χ2v) is 4.73. The van der Waals surface area contributed by atoms with Crippen LogP contribution in [0.25, 0.3) is 0 Å². The highest BCUT2D eigenvalue weighted by atomic mass is 16.4. The van der Waals surface area contributed by atoms with Crippen LogP contribution in [-0.4, -0.2) is 32.4 Å². The molecule has 120 valence electrons. The van der Waals surface area contributed by atoms with Crippen LogP contribution in [0.15, 0.2) is 24.3 Å². The molecule has 0 atom stereocenters. The number of phenolic OH excluding ortho intramolecular Hbond substituents is 2. The van der Waals surface area contributed by atoms with Gasteiger partial charge in [0.25, 0.3) is 0 Å². The van der Waals surface area contributed by atoms with Gasteiger partial charge in [0.05, 0.1) is 11.1 Å². The minimum Gasteiger partial charge on any atom is -0.872 e. The number of aromatic hydroxyl groups is 2. The van der Waals surface area contributed by atoms with Crippen LogP contribution in [0.5, 0.6) is 23.0 Å². The second-order valence-electron chi connectivity index (χ2n) is 4.73. The number of carbonyl (C=O) groups is 2. The van der Waals surface area contributed by atoms with E-state index in [0.29, 0.717) is 0 Å². The second kappa shape index (κ2) is 5.76. The van der Waals surface area contributed by atoms with Crippen molar-refractivity contribution in [3.8, 4) is 23.0 Å². The third kappa shape index (κ3) is 3.10. The molecular weight excluding hydrogens is 308 g/mol. The first-order valence-corrected chi connectivity index (χ1v) is 6.23. The van der Waals surface area contributed by atoms with Crippen molar-refractivity contribution in [2.24, 2.45) is 0 Å². The molecule has 2 rings (SSSR count). The van der Waals surface area contributed by atoms with E-state index in [1.54, 1.807) is 0 Å². The van der Waals surface area contributed by atoms with Crippen molar-refractivity contribution in [1.29, 1.82) is 0 Å². The number of carboxylic acid groups (broad SMARTS) is 2. The summed E-state index contributed by atoms with van der Waals surface area (Å²) in [6, 6.07) is 3.27. The van der Waals surface area contributed by atoms with Gasteiger partial charge in [0.15, 0.2) is 0 Å². The summed E-state index contributed by atoms with van der Waals surface area (Å²) < 4.78 is 0. The van der Waals surface area contributed by atoms with Gasteiger partial charge in [0.1, 0.15) is 11.5 Å². The van der Waals surface area contributed by atoms with E-state index in [4.69, 9.17) is 10.2 Å². The number of benzene rings is 2. The highest BCUT2D eigenvalue weighted by Gasteiger charge is 2.14. The van der Waals surface area contributed by atoms with Crippen molar-refractivity contribution < 1.29 is 40.2 Å². The molecule has 0 spiro atoms. The van der Waals surface area contributed by atoms with Crippen LogP contribution < -0.4 is 10.2 Å². The highest BCUT2D eigenvalue weighted by Crippen LogP contribution is 2.35. The predicted molar refractivity (Wildman–Crippen MR) is 71.8 cm³/mol. The standard InChI is InChI=1S/C15H12O8/c16-10-1-6(14(20)21)2-11(17)8(10)5-9-12(18)3-7(15(22)23)4-13(9)19/h1-4,16-19H,5H2,(H,20,21)(H,22,23)/p-2. The Labute approximate surface area is 129 Å². The molecule has 0 aliphatic rings. The number of aromatic carboxylic acids is 2. The lowest BCUT2D eigenvalue weighted by Gasteiger charge is -2.20. The number of hydrogen-bond donors (Lipinski definition) is 4. The first-order chi connectivity index (χ1) is 10.7. The van der Waals surface area contributed by atoms with E-state index in [2.05, 4.69) is 0 Å². The third-order valence-corrected chi connectivity index (χ3v) is 3.22. The molecular formula is C15H10O8-2. The SMILES string of the molecule is O=C(O)c1cc([O-])c(Cc2c([O-])cc(C(=O)O)cc2O)c(O)c1. The average Bonchev–Trinajstić information content (AvgIpc) is 2.44. The van der Waals surface area contributed by atoms with E-state index in [-0.39, 0.29) is 11.1 Å². The van der Waals surface area contributed by atoms with Crippen LogP contribution in [0.4, 0.5) is 0 Å². The van der Waals surface area contributed by atoms with Crippen LogP contribution in [0.3, 0.4) is 0 Å². The summed E-state index contributed by atoms with van der Waals surface area (Å²) in [7, 11) is 0. The van der Waals surface area contributed by atoms with Crippen molar-refractivity contribution in [2.75, 3.05) is 0 Å². The Morgan fingerprint density at radius 1 is 0.783 bits per heavy atom. The number of rotatable bonds is 4. The molecule has 0 aliphatic carbocycles. The maximum atomic E-state index is 11.9. The fourth-order valence-electron chi connectivity index (χ4n) is 2.04. The summed E-state index contributed by atoms with van der Waals surface area (Å²) in [4.78, 5) is 21.6. The summed E-state index contributed by atoms with van der Waals surface area (Å²) in [6.45, 7) is 0. The zero-order chi connectivity index (χ0) is 17.3. The number of carboxylic acids is 2. The molecule has 0 heterocycles. The van der Waals surface area contributed by atoms with E-state index in [9.17, 15) is 30.0 Å². The molecule has 4 N–H and O–H groups in total. The molecule has 0 radical (unpaired) electrons. The van der Waals surface area contributed by atoms with Crippen LogP contribution in [0.1, 0.15) is 31.8 Å². The van der Waals surface area contributed by atoms with E-state index in [0.717, 1.165) is 24.3 Å². The van der Waals surface area contributed by atoms with Gasteiger partial charge >= 0.3 is 11.9 Å². The molecule has 0 aliphatic heterocycles. The van der Waals surface area contributed by atoms with Gasteiger partial charge in [-0.1, -0.05) is 12.1 Å². The quantitative estimate of drug-likeness (QED) is 0.623. The summed E-state index contributed by atoms with van der Waals surface area (Å²) in [5.74, 6) is -5.69. The van der Waals surface area contributed by atoms with Gasteiger partial charge in [-0.3, -0.25) is 0 Å². The Balaban J connectivity index is 2.48. The van der Waals surface area contributed by atoms with Gasteiger partial charge in [-0.05, 0) is 23.3 Å². The van der Waals surface area contributed by atoms with Gasteiger partial charge in [-0.15, -0.1) is 11.5 Å². The Morgan fingerprint density at radius 2 is 1.13 bits per heavy atom. The Morgan fingerprint density at radius 3 is 1.39 bits per heavy atom. The lowest BCUT2D eigenvalue weighted by molar-refractivity contribution is -0.270. The fourth-order valence-corrected chi connectivity index (χ4v) is 2.04. The third-order valence-electron chi connectivity index (χ3n) is 3.22. The normalized spacial score (nSPS) is 10.4. The van der Waals surface area contributed by atoms with Gasteiger partial charge in [-0.2, -0.15) is 0 Å². The van der Waals surface area contributed by atoms with Gasteiger partial charge in [-0.25, -0.2) is 9.59 Å². The van der Waals surface area contributed by atoms with Crippen molar-refractivity contribution in [3.05, 3.63) is 46.5 Å². The van der Waals surface area contributed by atoms with Crippen molar-refractivity contribution in [1.82, 2.24) is 0 Å². The maximum absolute atomic E-state index is 11.9. The van der Waals surface area contributed by atoms with Gasteiger partial charge in [0.2, 0.25) is 0 Å². The monoisotopic (exact) mass is 318 g/mol. The minimum absolute atomic E-state index is 0.273. The van der Waals surface area contributed by atoms with Gasteiger partial charge < -0.3 is 30.6 Å². The lowest BCUT2D eigenvalue weighted by atomic mass is 9.98. The maximum Gasteiger partial charge on any atom is 0.335 e. The molecule has 0 unspecified atom stereocenters. The smallest absolute Gasteiger partial charge is 0.335 e. The zero-order valence-electron chi connectivity index (χ0n) is 11.4. The first kappa shape index (κ1) is 16.0. The van der Waals surface area contributed by atoms with E-state index < -0.39 is 52.5 Å². The molecule has 0 aromatic heterocycles. The van der Waals surface area contributed by atoms with E-state index in [1.807, 2.05) is 0 Å². The van der Waals surface area contributed by atoms with E-state index in [1.165, 1.54) is 0 Å². The highest BCUT2D eigenvalue weighted by molar-refractivity contribution is 5.89. The molecule has 2 aromatic rings. The molecule has 0 saturated heterocycles. The van der Waals surface area contributed by atoms with Crippen molar-refractivity contribution in [3.63, 3.8) is 0 Å². The number of hydrogen-bond acceptors (Lipinski definition) is 6. The largest absolute Gasteiger partial charge is 0.872 e. The topological polar surface area (TPSA) is 161 Å². The summed E-state index contributed by atoms with van der Waals surface area (Å²) >= 11 is 0. The van der Waals surface area contributed by atoms with Gasteiger partial charge in [0, 0.05) is 6.42 Å². The van der Waals surface area contributed by atoms with Crippen molar-refractivity contribution >= 4 is 11.9 Å². The Bertz CT molecular complexity index is 696. The molecule has 8 heteroatoms. The molecule has 0 fully saturated rings. The molecule has 23 heavy (non-hydrogen) atoms. The van der Waals surface area contributed by atoms with Crippen LogP contribution >= 0.6 is 0 Å². The predicted octanol–water partition coefficient (Wildman–Crippen LogP) is 0.232. The summed E-state index contributed by atoms with van der Waals surface area (Å²) in [6.07, 6.45) is -0.463. The van der Waals surface area contributed by atoms with E-state index >= 15 is 0 Å². The molecule has 2 aromatic carbocycles. The average molecular weight is 318 g/mol. The lowest BCUT2D eigenvalue weighted by Crippen LogP contribution is -2.06. The van der Waals surface area contributed by atoms with Crippen molar-refractivity contribution in [2.45, 2.75) is 6.42 Å². The molecule has 0 amide bonds. The number of phenols is 2. The van der Waals surface area contributed by atoms with Crippen LogP contribution in [0, 0.1) is 0 Å². The van der Waals surface area contributed by atoms with Crippen LogP contribution in [-0.2, 0) is 6.42 Å². The minimum atomic E-state index is -1.40. The zero-order valence-corrected chi connectivity index (χ0v) is 11.4. The first-order valence-electron chi connectivity index (χ1n) is 6.23. The Hall–Kier alpha value is -3.42. The van der Waals surface area contributed by atoms with Crippen LogP contribution in [0.2, 0.25) is 0 Å². The Kier molecular flexibility index (Phi) is 4.00. The summed E-state index contributed by atoms with van der Waals surface area (Å²) in [5, 5.41) is 60.8. The molecule has 0 bridgehead atoms. The molecule has 0 saturated carbocycles.